The van der Waals surface area contributed by atoms with Crippen molar-refractivity contribution in [1.29, 1.82) is 0 Å². The number of nitrogens with zero attached hydrogens (tertiary/aromatic N) is 5. The molecule has 1 amide bonds. The third-order valence-corrected chi connectivity index (χ3v) is 6.07. The number of hydrogen-bond acceptors (Lipinski definition) is 6. The molecular weight excluding hydrogens is 412 g/mol. The molecule has 7 nitrogen and oxygen atoms in total. The Labute approximate surface area is 176 Å². The Morgan fingerprint density at radius 3 is 2.77 bits per heavy atom. The Hall–Kier alpha value is -2.43. The molecule has 1 fully saturated rings. The highest BCUT2D eigenvalue weighted by molar-refractivity contribution is 7.22. The number of halogens is 2. The van der Waals surface area contributed by atoms with Gasteiger partial charge in [0.05, 0.1) is 23.6 Å². The first-order chi connectivity index (χ1) is 14.5. The number of hydrogen-bond donors (Lipinski definition) is 0. The van der Waals surface area contributed by atoms with E-state index in [9.17, 15) is 13.6 Å². The Bertz CT molecular complexity index is 1060. The molecule has 1 aromatic carbocycles. The molecule has 3 heterocycles. The molecule has 160 valence electrons. The van der Waals surface area contributed by atoms with E-state index in [1.807, 2.05) is 13.8 Å². The van der Waals surface area contributed by atoms with Crippen molar-refractivity contribution >= 4 is 32.6 Å². The van der Waals surface area contributed by atoms with Gasteiger partial charge in [-0.2, -0.15) is 5.10 Å². The van der Waals surface area contributed by atoms with Crippen LogP contribution in [0.2, 0.25) is 0 Å². The molecule has 0 spiro atoms. The lowest BCUT2D eigenvalue weighted by molar-refractivity contribution is 0.0391. The maximum Gasteiger partial charge on any atom is 0.278 e. The van der Waals surface area contributed by atoms with Crippen molar-refractivity contribution in [3.63, 3.8) is 0 Å². The van der Waals surface area contributed by atoms with E-state index in [4.69, 9.17) is 4.74 Å². The number of carbonyl (C=O) groups excluding carboxylic acids is 1. The van der Waals surface area contributed by atoms with Gasteiger partial charge < -0.3 is 4.74 Å². The molecule has 30 heavy (non-hydrogen) atoms. The standard InChI is InChI=1S/C20H23F2N5O2S/c1-3-27-16(10-13(2)24-27)19(28)26(5-4-25-6-8-29-9-7-25)20-23-18-15(22)11-14(21)12-17(18)30-20/h10-12H,3-9H2,1-2H3. The van der Waals surface area contributed by atoms with Gasteiger partial charge in [0, 0.05) is 38.8 Å². The van der Waals surface area contributed by atoms with Gasteiger partial charge in [-0.05, 0) is 26.0 Å². The molecule has 1 saturated heterocycles. The minimum atomic E-state index is -0.734. The number of rotatable bonds is 6. The number of morpholine rings is 1. The van der Waals surface area contributed by atoms with Crippen LogP contribution in [0, 0.1) is 18.6 Å². The van der Waals surface area contributed by atoms with Crippen LogP contribution in [0.25, 0.3) is 10.2 Å². The van der Waals surface area contributed by atoms with Crippen molar-refractivity contribution in [2.75, 3.05) is 44.3 Å². The van der Waals surface area contributed by atoms with Crippen LogP contribution < -0.4 is 4.90 Å². The molecule has 0 bridgehead atoms. The lowest BCUT2D eigenvalue weighted by Crippen LogP contribution is -2.43. The van der Waals surface area contributed by atoms with Gasteiger partial charge in [0.1, 0.15) is 17.0 Å². The maximum atomic E-state index is 14.2. The summed E-state index contributed by atoms with van der Waals surface area (Å²) in [5.74, 6) is -1.66. The van der Waals surface area contributed by atoms with E-state index >= 15 is 0 Å². The summed E-state index contributed by atoms with van der Waals surface area (Å²) in [6, 6.07) is 3.78. The predicted molar refractivity (Wildman–Crippen MR) is 111 cm³/mol. The largest absolute Gasteiger partial charge is 0.379 e. The first-order valence-electron chi connectivity index (χ1n) is 9.88. The molecule has 3 aromatic rings. The summed E-state index contributed by atoms with van der Waals surface area (Å²) in [6.07, 6.45) is 0. The maximum absolute atomic E-state index is 14.2. The second kappa shape index (κ2) is 8.75. The van der Waals surface area contributed by atoms with E-state index in [1.165, 1.54) is 6.07 Å². The summed E-state index contributed by atoms with van der Waals surface area (Å²) in [4.78, 5) is 21.5. The highest BCUT2D eigenvalue weighted by Crippen LogP contribution is 2.32. The van der Waals surface area contributed by atoms with Crippen LogP contribution in [0.15, 0.2) is 18.2 Å². The van der Waals surface area contributed by atoms with Gasteiger partial charge in [0.2, 0.25) is 0 Å². The van der Waals surface area contributed by atoms with Gasteiger partial charge in [-0.3, -0.25) is 19.3 Å². The molecule has 10 heteroatoms. The second-order valence-electron chi connectivity index (χ2n) is 7.13. The van der Waals surface area contributed by atoms with Crippen LogP contribution in [-0.4, -0.2) is 65.0 Å². The van der Waals surface area contributed by atoms with Crippen molar-refractivity contribution < 1.29 is 18.3 Å². The molecule has 0 radical (unpaired) electrons. The zero-order valence-electron chi connectivity index (χ0n) is 16.9. The van der Waals surface area contributed by atoms with Gasteiger partial charge in [0.25, 0.3) is 5.91 Å². The Morgan fingerprint density at radius 1 is 1.27 bits per heavy atom. The third kappa shape index (κ3) is 4.21. The van der Waals surface area contributed by atoms with Gasteiger partial charge in [-0.25, -0.2) is 13.8 Å². The molecule has 0 aliphatic carbocycles. The summed E-state index contributed by atoms with van der Waals surface area (Å²) in [5, 5.41) is 4.70. The number of aromatic nitrogens is 3. The molecule has 0 N–H and O–H groups in total. The third-order valence-electron chi connectivity index (χ3n) is 5.04. The molecule has 0 atom stereocenters. The molecular formula is C20H23F2N5O2S. The first-order valence-corrected chi connectivity index (χ1v) is 10.7. The van der Waals surface area contributed by atoms with Gasteiger partial charge in [0.15, 0.2) is 10.9 Å². The number of aryl methyl sites for hydroxylation is 2. The second-order valence-corrected chi connectivity index (χ2v) is 8.14. The Balaban J connectivity index is 1.69. The van der Waals surface area contributed by atoms with Gasteiger partial charge >= 0.3 is 0 Å². The Kier molecular flexibility index (Phi) is 6.07. The molecule has 1 aliphatic heterocycles. The highest BCUT2D eigenvalue weighted by Gasteiger charge is 2.26. The molecule has 2 aromatic heterocycles. The average molecular weight is 436 g/mol. The zero-order valence-corrected chi connectivity index (χ0v) is 17.7. The van der Waals surface area contributed by atoms with Crippen molar-refractivity contribution in [2.45, 2.75) is 20.4 Å². The summed E-state index contributed by atoms with van der Waals surface area (Å²) in [7, 11) is 0. The van der Waals surface area contributed by atoms with Crippen molar-refractivity contribution in [2.24, 2.45) is 0 Å². The van der Waals surface area contributed by atoms with E-state index in [2.05, 4.69) is 15.0 Å². The van der Waals surface area contributed by atoms with Crippen LogP contribution in [0.3, 0.4) is 0 Å². The number of amides is 1. The summed E-state index contributed by atoms with van der Waals surface area (Å²) in [5.41, 5.74) is 1.26. The molecule has 1 aliphatic rings. The monoisotopic (exact) mass is 435 g/mol. The van der Waals surface area contributed by atoms with E-state index in [-0.39, 0.29) is 11.4 Å². The highest BCUT2D eigenvalue weighted by atomic mass is 32.1. The smallest absolute Gasteiger partial charge is 0.278 e. The van der Waals surface area contributed by atoms with Crippen molar-refractivity contribution in [1.82, 2.24) is 19.7 Å². The number of benzene rings is 1. The van der Waals surface area contributed by atoms with Crippen LogP contribution in [0.5, 0.6) is 0 Å². The topological polar surface area (TPSA) is 63.5 Å². The lowest BCUT2D eigenvalue weighted by atomic mass is 10.3. The fourth-order valence-corrected chi connectivity index (χ4v) is 4.54. The number of carbonyl (C=O) groups is 1. The Morgan fingerprint density at radius 2 is 2.03 bits per heavy atom. The quantitative estimate of drug-likeness (QED) is 0.596. The average Bonchev–Trinajstić information content (AvgIpc) is 3.32. The molecule has 0 unspecified atom stereocenters. The zero-order chi connectivity index (χ0) is 21.3. The first kappa shape index (κ1) is 20.8. The van der Waals surface area contributed by atoms with E-state index < -0.39 is 11.6 Å². The number of fused-ring (bicyclic) bond motifs is 1. The SMILES string of the molecule is CCn1nc(C)cc1C(=O)N(CCN1CCOCC1)c1nc2c(F)cc(F)cc2s1. The summed E-state index contributed by atoms with van der Waals surface area (Å²) >= 11 is 1.10. The lowest BCUT2D eigenvalue weighted by Gasteiger charge is -2.29. The minimum Gasteiger partial charge on any atom is -0.379 e. The van der Waals surface area contributed by atoms with Crippen LogP contribution in [0.1, 0.15) is 23.1 Å². The van der Waals surface area contributed by atoms with Crippen molar-refractivity contribution in [3.05, 3.63) is 41.2 Å². The molecule has 4 rings (SSSR count). The van der Waals surface area contributed by atoms with Gasteiger partial charge in [-0.1, -0.05) is 11.3 Å². The van der Waals surface area contributed by atoms with Gasteiger partial charge in [-0.15, -0.1) is 0 Å². The number of thiazole rings is 1. The molecule has 0 saturated carbocycles. The van der Waals surface area contributed by atoms with Crippen LogP contribution in [0.4, 0.5) is 13.9 Å². The van der Waals surface area contributed by atoms with Crippen molar-refractivity contribution in [3.8, 4) is 0 Å². The van der Waals surface area contributed by atoms with E-state index in [1.54, 1.807) is 15.6 Å². The normalized spacial score (nSPS) is 15.1. The predicted octanol–water partition coefficient (Wildman–Crippen LogP) is 3.08. The summed E-state index contributed by atoms with van der Waals surface area (Å²) in [6.45, 7) is 8.17. The minimum absolute atomic E-state index is 0.0701. The fourth-order valence-electron chi connectivity index (χ4n) is 3.51. The number of ether oxygens (including phenoxy) is 1. The fraction of sp³-hybridized carbons (Fsp3) is 0.450. The summed E-state index contributed by atoms with van der Waals surface area (Å²) < 4.78 is 35.3. The van der Waals surface area contributed by atoms with E-state index in [0.29, 0.717) is 48.4 Å². The van der Waals surface area contributed by atoms with E-state index in [0.717, 1.165) is 36.2 Å². The van der Waals surface area contributed by atoms with Crippen LogP contribution >= 0.6 is 11.3 Å². The number of anilines is 1. The van der Waals surface area contributed by atoms with Crippen LogP contribution in [-0.2, 0) is 11.3 Å².